The highest BCUT2D eigenvalue weighted by molar-refractivity contribution is 6.27. The van der Waals surface area contributed by atoms with Crippen LogP contribution >= 0.6 is 0 Å². The molecule has 25 heavy (non-hydrogen) atoms. The molecule has 4 rings (SSSR count). The predicted molar refractivity (Wildman–Crippen MR) is 93.2 cm³/mol. The van der Waals surface area contributed by atoms with Crippen LogP contribution in [-0.2, 0) is 19.9 Å². The van der Waals surface area contributed by atoms with Crippen LogP contribution in [0.15, 0.2) is 35.4 Å². The molecule has 5 nitrogen and oxygen atoms in total. The third-order valence-corrected chi connectivity index (χ3v) is 6.04. The van der Waals surface area contributed by atoms with Gasteiger partial charge in [-0.25, -0.2) is 0 Å². The van der Waals surface area contributed by atoms with Crippen molar-refractivity contribution in [3.63, 3.8) is 0 Å². The van der Waals surface area contributed by atoms with E-state index >= 15 is 0 Å². The first-order valence-electron chi connectivity index (χ1n) is 8.84. The van der Waals surface area contributed by atoms with Crippen LogP contribution in [0, 0.1) is 5.41 Å². The fraction of sp³-hybridized carbons (Fsp3) is 0.500. The largest absolute Gasteiger partial charge is 0.380 e. The molecule has 0 aromatic heterocycles. The van der Waals surface area contributed by atoms with Gasteiger partial charge in [0.05, 0.1) is 6.61 Å². The fourth-order valence-corrected chi connectivity index (χ4v) is 4.65. The highest BCUT2D eigenvalue weighted by Gasteiger charge is 2.58. The number of carbonyl (C=O) groups excluding carboxylic acids is 2. The van der Waals surface area contributed by atoms with E-state index in [-0.39, 0.29) is 18.1 Å². The Labute approximate surface area is 147 Å². The van der Waals surface area contributed by atoms with E-state index in [1.165, 1.54) is 0 Å². The fourth-order valence-electron chi connectivity index (χ4n) is 4.65. The summed E-state index contributed by atoms with van der Waals surface area (Å²) in [6.45, 7) is 6.04. The van der Waals surface area contributed by atoms with E-state index < -0.39 is 17.2 Å². The van der Waals surface area contributed by atoms with Gasteiger partial charge in [-0.1, -0.05) is 25.1 Å². The number of rotatable bonds is 3. The minimum absolute atomic E-state index is 0.0941. The predicted octanol–water partition coefficient (Wildman–Crippen LogP) is 2.33. The van der Waals surface area contributed by atoms with Gasteiger partial charge in [0.25, 0.3) is 0 Å². The molecule has 3 atom stereocenters. The molecule has 0 saturated carbocycles. The van der Waals surface area contributed by atoms with Crippen LogP contribution in [0.1, 0.15) is 39.2 Å². The number of benzene rings is 1. The topological polar surface area (TPSA) is 66.8 Å². The van der Waals surface area contributed by atoms with Crippen molar-refractivity contribution in [1.29, 1.82) is 0 Å². The first-order valence-corrected chi connectivity index (χ1v) is 8.84. The van der Waals surface area contributed by atoms with Crippen molar-refractivity contribution in [1.82, 2.24) is 0 Å². The molecule has 0 unspecified atom stereocenters. The Bertz CT molecular complexity index is 814. The third-order valence-electron chi connectivity index (χ3n) is 6.04. The van der Waals surface area contributed by atoms with Gasteiger partial charge in [-0.3, -0.25) is 9.59 Å². The van der Waals surface area contributed by atoms with Gasteiger partial charge in [-0.15, -0.1) is 0 Å². The first-order chi connectivity index (χ1) is 11.8. The molecule has 0 amide bonds. The number of hydrogen-bond acceptors (Lipinski definition) is 5. The molecule has 0 radical (unpaired) electrons. The zero-order valence-electron chi connectivity index (χ0n) is 14.8. The Balaban J connectivity index is 1.75. The summed E-state index contributed by atoms with van der Waals surface area (Å²) in [5.41, 5.74) is 0.666. The Morgan fingerprint density at radius 1 is 1.28 bits per heavy atom. The minimum atomic E-state index is -1.13. The van der Waals surface area contributed by atoms with Gasteiger partial charge in [0.2, 0.25) is 0 Å². The molecule has 1 aliphatic carbocycles. The first kappa shape index (κ1) is 16.5. The van der Waals surface area contributed by atoms with Gasteiger partial charge in [0, 0.05) is 29.8 Å². The minimum Gasteiger partial charge on any atom is -0.380 e. The van der Waals surface area contributed by atoms with Gasteiger partial charge in [-0.05, 0) is 31.9 Å². The molecule has 0 bridgehead atoms. The molecule has 2 aliphatic heterocycles. The van der Waals surface area contributed by atoms with Crippen LogP contribution in [-0.4, -0.2) is 36.1 Å². The van der Waals surface area contributed by atoms with Crippen molar-refractivity contribution in [2.24, 2.45) is 5.41 Å². The lowest BCUT2D eigenvalue weighted by molar-refractivity contribution is -0.133. The zero-order chi connectivity index (χ0) is 18.0. The Morgan fingerprint density at radius 3 is 2.68 bits per heavy atom. The summed E-state index contributed by atoms with van der Waals surface area (Å²) in [6.07, 6.45) is 0.529. The smallest absolute Gasteiger partial charge is 0.174 e. The number of carbonyl (C=O) groups is 2. The quantitative estimate of drug-likeness (QED) is 0.855. The lowest BCUT2D eigenvalue weighted by Gasteiger charge is -2.34. The maximum Gasteiger partial charge on any atom is 0.174 e. The lowest BCUT2D eigenvalue weighted by atomic mass is 9.83. The van der Waals surface area contributed by atoms with Crippen molar-refractivity contribution in [3.8, 4) is 0 Å². The molecule has 132 valence electrons. The summed E-state index contributed by atoms with van der Waals surface area (Å²) in [5.74, 6) is -0.205. The standard InChI is InChI=1S/C20H23NO4/c1-4-13-12(2)16(22)19(3,17(13)23)11-21-15-8-6-5-7-14(15)20(24)9-10-25-18(20)21/h5-8,18,24H,4,9-11H2,1-3H3/t18-,19-,20+/m0/s1. The highest BCUT2D eigenvalue weighted by Crippen LogP contribution is 2.51. The van der Waals surface area contributed by atoms with E-state index in [1.54, 1.807) is 13.8 Å². The number of para-hydroxylation sites is 1. The molecule has 0 spiro atoms. The SMILES string of the molecule is CCC1=C(C)C(=O)[C@](C)(CN2c3ccccc3[C@]3(O)CCO[C@H]23)C1=O. The van der Waals surface area contributed by atoms with Gasteiger partial charge in [-0.2, -0.15) is 0 Å². The van der Waals surface area contributed by atoms with Crippen molar-refractivity contribution < 1.29 is 19.4 Å². The number of anilines is 1. The zero-order valence-corrected chi connectivity index (χ0v) is 14.8. The Morgan fingerprint density at radius 2 is 2.00 bits per heavy atom. The molecule has 2 heterocycles. The van der Waals surface area contributed by atoms with Crippen molar-refractivity contribution in [2.75, 3.05) is 18.1 Å². The average Bonchev–Trinajstić information content (AvgIpc) is 3.15. The lowest BCUT2D eigenvalue weighted by Crippen LogP contribution is -2.50. The number of fused-ring (bicyclic) bond motifs is 3. The number of ketones is 2. The number of Topliss-reactive ketones (excluding diaryl/α,β-unsaturated/α-hetero) is 2. The second-order valence-electron chi connectivity index (χ2n) is 7.49. The Kier molecular flexibility index (Phi) is 3.47. The van der Waals surface area contributed by atoms with Crippen LogP contribution in [0.5, 0.6) is 0 Å². The van der Waals surface area contributed by atoms with Crippen molar-refractivity contribution in [3.05, 3.63) is 41.0 Å². The summed E-state index contributed by atoms with van der Waals surface area (Å²) in [6, 6.07) is 7.61. The van der Waals surface area contributed by atoms with Crippen LogP contribution in [0.4, 0.5) is 5.69 Å². The number of aliphatic hydroxyl groups is 1. The number of nitrogens with zero attached hydrogens (tertiary/aromatic N) is 1. The second-order valence-corrected chi connectivity index (χ2v) is 7.49. The number of ether oxygens (including phenoxy) is 1. The van der Waals surface area contributed by atoms with Gasteiger partial charge >= 0.3 is 0 Å². The van der Waals surface area contributed by atoms with E-state index in [4.69, 9.17) is 4.74 Å². The van der Waals surface area contributed by atoms with E-state index in [2.05, 4.69) is 0 Å². The molecular formula is C20H23NO4. The monoisotopic (exact) mass is 341 g/mol. The summed E-state index contributed by atoms with van der Waals surface area (Å²) >= 11 is 0. The normalized spacial score (nSPS) is 34.1. The molecule has 1 fully saturated rings. The third kappa shape index (κ3) is 1.96. The summed E-state index contributed by atoms with van der Waals surface area (Å²) in [4.78, 5) is 27.7. The molecular weight excluding hydrogens is 318 g/mol. The van der Waals surface area contributed by atoms with Crippen LogP contribution in [0.3, 0.4) is 0 Å². The van der Waals surface area contributed by atoms with Crippen LogP contribution < -0.4 is 4.90 Å². The van der Waals surface area contributed by atoms with E-state index in [1.807, 2.05) is 36.1 Å². The van der Waals surface area contributed by atoms with Crippen molar-refractivity contribution in [2.45, 2.75) is 45.4 Å². The van der Waals surface area contributed by atoms with E-state index in [0.29, 0.717) is 30.6 Å². The van der Waals surface area contributed by atoms with Gasteiger partial charge in [0.15, 0.2) is 17.8 Å². The van der Waals surface area contributed by atoms with E-state index in [9.17, 15) is 14.7 Å². The summed E-state index contributed by atoms with van der Waals surface area (Å²) < 4.78 is 5.82. The van der Waals surface area contributed by atoms with Gasteiger partial charge < -0.3 is 14.7 Å². The van der Waals surface area contributed by atoms with E-state index in [0.717, 1.165) is 11.3 Å². The second kappa shape index (κ2) is 5.26. The molecule has 1 N–H and O–H groups in total. The Hall–Kier alpha value is -1.98. The summed E-state index contributed by atoms with van der Waals surface area (Å²) in [7, 11) is 0. The number of allylic oxidation sites excluding steroid dienone is 2. The average molecular weight is 341 g/mol. The maximum absolute atomic E-state index is 12.9. The molecule has 3 aliphatic rings. The molecule has 1 aromatic carbocycles. The molecule has 1 aromatic rings. The highest BCUT2D eigenvalue weighted by atomic mass is 16.5. The summed E-state index contributed by atoms with van der Waals surface area (Å²) in [5, 5.41) is 11.1. The molecule has 5 heteroatoms. The maximum atomic E-state index is 12.9. The number of hydrogen-bond donors (Lipinski definition) is 1. The van der Waals surface area contributed by atoms with Crippen molar-refractivity contribution >= 4 is 17.3 Å². The van der Waals surface area contributed by atoms with Crippen LogP contribution in [0.2, 0.25) is 0 Å². The molecule has 1 saturated heterocycles. The van der Waals surface area contributed by atoms with Gasteiger partial charge in [0.1, 0.15) is 11.0 Å². The van der Waals surface area contributed by atoms with Crippen LogP contribution in [0.25, 0.3) is 0 Å².